The Labute approximate surface area is 153 Å². The van der Waals surface area contributed by atoms with Crippen molar-refractivity contribution in [3.8, 4) is 0 Å². The zero-order chi connectivity index (χ0) is 19.8. The summed E-state index contributed by atoms with van der Waals surface area (Å²) < 4.78 is 4.68. The van der Waals surface area contributed by atoms with Gasteiger partial charge in [0, 0.05) is 23.3 Å². The van der Waals surface area contributed by atoms with E-state index in [4.69, 9.17) is 0 Å². The second kappa shape index (κ2) is 9.18. The van der Waals surface area contributed by atoms with Gasteiger partial charge in [0.05, 0.1) is 22.7 Å². The topological polar surface area (TPSA) is 130 Å². The number of benzene rings is 2. The number of nitro benzene ring substituents is 2. The third-order valence-corrected chi connectivity index (χ3v) is 3.80. The maximum Gasteiger partial charge on any atom is 0.313 e. The van der Waals surface area contributed by atoms with E-state index < -0.39 is 21.8 Å². The van der Waals surface area contributed by atoms with Gasteiger partial charge >= 0.3 is 11.9 Å². The molecule has 140 valence electrons. The number of carbonyl (C=O) groups is 2. The van der Waals surface area contributed by atoms with Crippen molar-refractivity contribution in [2.45, 2.75) is 25.7 Å². The number of aryl methyl sites for hydroxylation is 2. The van der Waals surface area contributed by atoms with Gasteiger partial charge in [0.15, 0.2) is 0 Å². The van der Waals surface area contributed by atoms with Gasteiger partial charge in [0.25, 0.3) is 11.4 Å². The molecule has 2 aromatic carbocycles. The molecule has 0 heterocycles. The third kappa shape index (κ3) is 5.70. The molecule has 0 aliphatic heterocycles. The zero-order valence-electron chi connectivity index (χ0n) is 14.2. The molecule has 9 heteroatoms. The van der Waals surface area contributed by atoms with Crippen LogP contribution in [0.1, 0.15) is 24.0 Å². The molecule has 0 saturated heterocycles. The van der Waals surface area contributed by atoms with Crippen LogP contribution >= 0.6 is 0 Å². The number of nitrogens with zero attached hydrogens (tertiary/aromatic N) is 2. The average Bonchev–Trinajstić information content (AvgIpc) is 2.65. The van der Waals surface area contributed by atoms with Gasteiger partial charge in [-0.15, -0.1) is 0 Å². The molecule has 0 spiro atoms. The minimum Gasteiger partial charge on any atom is -0.393 e. The summed E-state index contributed by atoms with van der Waals surface area (Å²) in [5, 5.41) is 21.9. The van der Waals surface area contributed by atoms with E-state index in [1.54, 1.807) is 12.1 Å². The first kappa shape index (κ1) is 19.7. The minimum absolute atomic E-state index is 0.0629. The summed E-state index contributed by atoms with van der Waals surface area (Å²) >= 11 is 0. The molecule has 0 bridgehead atoms. The minimum atomic E-state index is -0.805. The Balaban J connectivity index is 1.85. The molecule has 27 heavy (non-hydrogen) atoms. The van der Waals surface area contributed by atoms with Crippen molar-refractivity contribution < 1.29 is 24.2 Å². The van der Waals surface area contributed by atoms with Crippen LogP contribution in [0, 0.1) is 20.2 Å². The van der Waals surface area contributed by atoms with Crippen LogP contribution in [0.3, 0.4) is 0 Å². The Hall–Kier alpha value is -3.62. The summed E-state index contributed by atoms with van der Waals surface area (Å²) in [4.78, 5) is 44.3. The van der Waals surface area contributed by atoms with Crippen molar-refractivity contribution in [3.63, 3.8) is 0 Å². The zero-order valence-corrected chi connectivity index (χ0v) is 14.2. The Morgan fingerprint density at radius 1 is 0.741 bits per heavy atom. The summed E-state index contributed by atoms with van der Waals surface area (Å²) in [5.41, 5.74) is 0.527. The van der Waals surface area contributed by atoms with Crippen molar-refractivity contribution in [3.05, 3.63) is 79.9 Å². The number of hydrogen-bond donors (Lipinski definition) is 0. The van der Waals surface area contributed by atoms with Crippen LogP contribution in [-0.4, -0.2) is 21.8 Å². The molecule has 0 radical (unpaired) electrons. The fourth-order valence-electron chi connectivity index (χ4n) is 2.50. The monoisotopic (exact) mass is 372 g/mol. The number of para-hydroxylation sites is 2. The molecular formula is C18H16N2O7. The Kier molecular flexibility index (Phi) is 6.70. The molecule has 0 amide bonds. The number of esters is 2. The first-order valence-corrected chi connectivity index (χ1v) is 8.06. The van der Waals surface area contributed by atoms with Crippen LogP contribution in [-0.2, 0) is 27.2 Å². The fraction of sp³-hybridized carbons (Fsp3) is 0.222. The molecule has 0 atom stereocenters. The number of nitro groups is 2. The highest BCUT2D eigenvalue weighted by molar-refractivity contribution is 5.85. The highest BCUT2D eigenvalue weighted by Gasteiger charge is 2.17. The maximum absolute atomic E-state index is 11.8. The van der Waals surface area contributed by atoms with Crippen LogP contribution in [0.15, 0.2) is 48.5 Å². The molecule has 0 saturated carbocycles. The molecule has 9 nitrogen and oxygen atoms in total. The molecule has 0 fully saturated rings. The second-order valence-corrected chi connectivity index (χ2v) is 5.62. The lowest BCUT2D eigenvalue weighted by Gasteiger charge is -2.05. The van der Waals surface area contributed by atoms with Gasteiger partial charge in [-0.1, -0.05) is 36.4 Å². The average molecular weight is 372 g/mol. The largest absolute Gasteiger partial charge is 0.393 e. The Morgan fingerprint density at radius 2 is 1.11 bits per heavy atom. The van der Waals surface area contributed by atoms with Crippen molar-refractivity contribution >= 4 is 23.3 Å². The first-order valence-electron chi connectivity index (χ1n) is 8.06. The number of rotatable bonds is 8. The normalized spacial score (nSPS) is 10.2. The molecule has 0 N–H and O–H groups in total. The lowest BCUT2D eigenvalue weighted by Crippen LogP contribution is -2.14. The van der Waals surface area contributed by atoms with Gasteiger partial charge in [-0.3, -0.25) is 29.8 Å². The van der Waals surface area contributed by atoms with E-state index in [-0.39, 0.29) is 37.1 Å². The molecular weight excluding hydrogens is 356 g/mol. The highest BCUT2D eigenvalue weighted by atomic mass is 16.6. The summed E-state index contributed by atoms with van der Waals surface area (Å²) in [6, 6.07) is 12.0. The summed E-state index contributed by atoms with van der Waals surface area (Å²) in [5.74, 6) is -1.61. The van der Waals surface area contributed by atoms with Gasteiger partial charge in [0.2, 0.25) is 0 Å². The summed E-state index contributed by atoms with van der Waals surface area (Å²) in [6.07, 6.45) is -0.259. The van der Waals surface area contributed by atoms with Crippen molar-refractivity contribution in [1.82, 2.24) is 0 Å². The van der Waals surface area contributed by atoms with Crippen LogP contribution in [0.4, 0.5) is 11.4 Å². The third-order valence-electron chi connectivity index (χ3n) is 3.80. The fourth-order valence-corrected chi connectivity index (χ4v) is 2.50. The molecule has 0 aromatic heterocycles. The van der Waals surface area contributed by atoms with Gasteiger partial charge in [0.1, 0.15) is 0 Å². The predicted molar refractivity (Wildman–Crippen MR) is 93.9 cm³/mol. The van der Waals surface area contributed by atoms with E-state index in [1.807, 2.05) is 0 Å². The standard InChI is InChI=1S/C18H16N2O7/c21-17(11-9-13-5-1-3-7-15(13)19(23)24)27-18(22)12-10-14-6-2-4-8-16(14)20(25)26/h1-8H,9-12H2. The van der Waals surface area contributed by atoms with Crippen molar-refractivity contribution in [1.29, 1.82) is 0 Å². The van der Waals surface area contributed by atoms with Gasteiger partial charge in [-0.05, 0) is 12.8 Å². The predicted octanol–water partition coefficient (Wildman–Crippen LogP) is 3.14. The van der Waals surface area contributed by atoms with Crippen LogP contribution in [0.5, 0.6) is 0 Å². The molecule has 0 aliphatic carbocycles. The summed E-state index contributed by atoms with van der Waals surface area (Å²) in [7, 11) is 0. The quantitative estimate of drug-likeness (QED) is 0.301. The van der Waals surface area contributed by atoms with E-state index in [1.165, 1.54) is 36.4 Å². The van der Waals surface area contributed by atoms with Gasteiger partial charge in [-0.2, -0.15) is 0 Å². The van der Waals surface area contributed by atoms with Crippen molar-refractivity contribution in [2.24, 2.45) is 0 Å². The lowest BCUT2D eigenvalue weighted by atomic mass is 10.1. The number of carbonyl (C=O) groups excluding carboxylic acids is 2. The van der Waals surface area contributed by atoms with E-state index >= 15 is 0 Å². The summed E-state index contributed by atoms with van der Waals surface area (Å²) in [6.45, 7) is 0. The molecule has 0 unspecified atom stereocenters. The SMILES string of the molecule is O=C(CCc1ccccc1[N+](=O)[O-])OC(=O)CCc1ccccc1[N+](=O)[O-]. The van der Waals surface area contributed by atoms with Crippen LogP contribution < -0.4 is 0 Å². The van der Waals surface area contributed by atoms with E-state index in [0.717, 1.165) is 0 Å². The Bertz CT molecular complexity index is 808. The molecule has 2 aromatic rings. The van der Waals surface area contributed by atoms with Gasteiger partial charge < -0.3 is 4.74 Å². The highest BCUT2D eigenvalue weighted by Crippen LogP contribution is 2.20. The maximum atomic E-state index is 11.8. The van der Waals surface area contributed by atoms with E-state index in [9.17, 15) is 29.8 Å². The van der Waals surface area contributed by atoms with Gasteiger partial charge in [-0.25, -0.2) is 0 Å². The molecule has 2 rings (SSSR count). The smallest absolute Gasteiger partial charge is 0.313 e. The second-order valence-electron chi connectivity index (χ2n) is 5.62. The van der Waals surface area contributed by atoms with Crippen LogP contribution in [0.25, 0.3) is 0 Å². The number of hydrogen-bond acceptors (Lipinski definition) is 7. The Morgan fingerprint density at radius 3 is 1.48 bits per heavy atom. The van der Waals surface area contributed by atoms with E-state index in [2.05, 4.69) is 4.74 Å². The number of ether oxygens (including phenoxy) is 1. The lowest BCUT2D eigenvalue weighted by molar-refractivity contribution is -0.385. The van der Waals surface area contributed by atoms with Crippen LogP contribution in [0.2, 0.25) is 0 Å². The van der Waals surface area contributed by atoms with E-state index in [0.29, 0.717) is 11.1 Å². The first-order chi connectivity index (χ1) is 12.9. The molecule has 0 aliphatic rings. The van der Waals surface area contributed by atoms with Crippen molar-refractivity contribution in [2.75, 3.05) is 0 Å².